The summed E-state index contributed by atoms with van der Waals surface area (Å²) in [6.45, 7) is 4.80. The zero-order chi connectivity index (χ0) is 13.5. The van der Waals surface area contributed by atoms with E-state index < -0.39 is 0 Å². The van der Waals surface area contributed by atoms with Crippen molar-refractivity contribution in [1.29, 1.82) is 0 Å². The Morgan fingerprint density at radius 1 is 1.00 bits per heavy atom. The third-order valence-electron chi connectivity index (χ3n) is 2.57. The summed E-state index contributed by atoms with van der Waals surface area (Å²) in [5.74, 6) is 1.02. The molecule has 3 nitrogen and oxygen atoms in total. The Morgan fingerprint density at radius 3 is 2.22 bits per heavy atom. The highest BCUT2D eigenvalue weighted by Gasteiger charge is 2.07. The maximum atomic E-state index is 5.81. The molecule has 102 valence electrons. The molecule has 0 aliphatic heterocycles. The minimum absolute atomic E-state index is 0.785. The van der Waals surface area contributed by atoms with Crippen molar-refractivity contribution in [1.82, 2.24) is 9.80 Å². The fraction of sp³-hybridized carbons (Fsp3) is 0.600. The molecule has 1 rings (SSSR count). The normalized spacial score (nSPS) is 11.3. The van der Waals surface area contributed by atoms with E-state index in [4.69, 9.17) is 4.74 Å². The third-order valence-corrected chi connectivity index (χ3v) is 2.57. The molecular formula is C15H26N2O. The average molecular weight is 250 g/mol. The minimum atomic E-state index is 0.785. The van der Waals surface area contributed by atoms with Gasteiger partial charge in [0.15, 0.2) is 0 Å². The molecule has 0 N–H and O–H groups in total. The Kier molecular flexibility index (Phi) is 6.16. The van der Waals surface area contributed by atoms with Gasteiger partial charge in [-0.15, -0.1) is 0 Å². The first kappa shape index (κ1) is 15.0. The van der Waals surface area contributed by atoms with Crippen LogP contribution in [0.2, 0.25) is 0 Å². The molecule has 0 aromatic heterocycles. The lowest BCUT2D eigenvalue weighted by Gasteiger charge is -2.17. The molecule has 0 fully saturated rings. The van der Waals surface area contributed by atoms with Crippen LogP contribution in [0.1, 0.15) is 24.5 Å². The van der Waals surface area contributed by atoms with Gasteiger partial charge in [0.25, 0.3) is 0 Å². The Morgan fingerprint density at radius 2 is 1.67 bits per heavy atom. The quantitative estimate of drug-likeness (QED) is 0.740. The third kappa shape index (κ3) is 5.07. The summed E-state index contributed by atoms with van der Waals surface area (Å²) in [6.07, 6.45) is 1.04. The van der Waals surface area contributed by atoms with Crippen LogP contribution in [0.3, 0.4) is 0 Å². The van der Waals surface area contributed by atoms with E-state index in [1.165, 1.54) is 11.1 Å². The summed E-state index contributed by atoms with van der Waals surface area (Å²) < 4.78 is 5.81. The fourth-order valence-electron chi connectivity index (χ4n) is 1.91. The van der Waals surface area contributed by atoms with E-state index >= 15 is 0 Å². The van der Waals surface area contributed by atoms with Gasteiger partial charge in [0, 0.05) is 18.7 Å². The van der Waals surface area contributed by atoms with Gasteiger partial charge < -0.3 is 14.5 Å². The van der Waals surface area contributed by atoms with Crippen LogP contribution in [-0.2, 0) is 13.1 Å². The first-order valence-corrected chi connectivity index (χ1v) is 6.57. The predicted octanol–water partition coefficient (Wildman–Crippen LogP) is 2.60. The van der Waals surface area contributed by atoms with Crippen molar-refractivity contribution in [3.63, 3.8) is 0 Å². The van der Waals surface area contributed by atoms with Gasteiger partial charge in [-0.3, -0.25) is 0 Å². The molecule has 0 spiro atoms. The molecule has 18 heavy (non-hydrogen) atoms. The molecule has 0 heterocycles. The highest BCUT2D eigenvalue weighted by atomic mass is 16.5. The van der Waals surface area contributed by atoms with Crippen LogP contribution in [0.25, 0.3) is 0 Å². The predicted molar refractivity (Wildman–Crippen MR) is 77.0 cm³/mol. The van der Waals surface area contributed by atoms with Crippen molar-refractivity contribution < 1.29 is 4.74 Å². The Balaban J connectivity index is 2.88. The summed E-state index contributed by atoms with van der Waals surface area (Å²) >= 11 is 0. The Bertz CT molecular complexity index is 362. The molecule has 3 heteroatoms. The molecule has 0 unspecified atom stereocenters. The highest BCUT2D eigenvalue weighted by Crippen LogP contribution is 2.22. The highest BCUT2D eigenvalue weighted by molar-refractivity contribution is 5.37. The van der Waals surface area contributed by atoms with Gasteiger partial charge in [0.05, 0.1) is 6.61 Å². The largest absolute Gasteiger partial charge is 0.493 e. The van der Waals surface area contributed by atoms with Gasteiger partial charge in [0.1, 0.15) is 5.75 Å². The number of rotatable bonds is 7. The number of hydrogen-bond acceptors (Lipinski definition) is 3. The zero-order valence-electron chi connectivity index (χ0n) is 12.4. The lowest BCUT2D eigenvalue weighted by Crippen LogP contribution is -2.14. The molecule has 0 amide bonds. The molecule has 0 aliphatic rings. The molecule has 0 saturated carbocycles. The molecule has 1 aromatic rings. The van der Waals surface area contributed by atoms with Crippen LogP contribution < -0.4 is 4.74 Å². The van der Waals surface area contributed by atoms with E-state index in [2.05, 4.69) is 63.1 Å². The number of benzene rings is 1. The second kappa shape index (κ2) is 7.39. The summed E-state index contributed by atoms with van der Waals surface area (Å²) in [7, 11) is 8.35. The van der Waals surface area contributed by atoms with Crippen LogP contribution in [0.4, 0.5) is 0 Å². The molecular weight excluding hydrogens is 224 g/mol. The molecule has 1 aromatic carbocycles. The summed E-state index contributed by atoms with van der Waals surface area (Å²) in [6, 6.07) is 6.52. The molecule has 0 bridgehead atoms. The van der Waals surface area contributed by atoms with E-state index in [1.807, 2.05) is 0 Å². The van der Waals surface area contributed by atoms with Crippen LogP contribution in [0, 0.1) is 0 Å². The van der Waals surface area contributed by atoms with Gasteiger partial charge in [0.2, 0.25) is 0 Å². The fourth-order valence-corrected chi connectivity index (χ4v) is 1.91. The maximum absolute atomic E-state index is 5.81. The van der Waals surface area contributed by atoms with Crippen LogP contribution in [0.5, 0.6) is 5.75 Å². The number of hydrogen-bond donors (Lipinski definition) is 0. The number of ether oxygens (including phenoxy) is 1. The Hall–Kier alpha value is -1.06. The first-order chi connectivity index (χ1) is 8.52. The first-order valence-electron chi connectivity index (χ1n) is 6.57. The topological polar surface area (TPSA) is 15.7 Å². The van der Waals surface area contributed by atoms with Crippen LogP contribution in [0.15, 0.2) is 18.2 Å². The van der Waals surface area contributed by atoms with Gasteiger partial charge in [-0.2, -0.15) is 0 Å². The van der Waals surface area contributed by atoms with Crippen LogP contribution >= 0.6 is 0 Å². The maximum Gasteiger partial charge on any atom is 0.123 e. The zero-order valence-corrected chi connectivity index (χ0v) is 12.4. The molecule has 0 atom stereocenters. The lowest BCUT2D eigenvalue weighted by atomic mass is 10.1. The van der Waals surface area contributed by atoms with Crippen molar-refractivity contribution in [2.75, 3.05) is 34.8 Å². The average Bonchev–Trinajstić information content (AvgIpc) is 2.26. The van der Waals surface area contributed by atoms with Crippen molar-refractivity contribution in [2.24, 2.45) is 0 Å². The van der Waals surface area contributed by atoms with E-state index in [0.717, 1.165) is 31.9 Å². The van der Waals surface area contributed by atoms with E-state index in [0.29, 0.717) is 0 Å². The standard InChI is InChI=1S/C15H26N2O/c1-6-9-18-15-8-7-13(11-16(2)3)10-14(15)12-17(4)5/h7-8,10H,6,9,11-12H2,1-5H3. The van der Waals surface area contributed by atoms with Gasteiger partial charge >= 0.3 is 0 Å². The van der Waals surface area contributed by atoms with Crippen molar-refractivity contribution in [3.05, 3.63) is 29.3 Å². The summed E-state index contributed by atoms with van der Waals surface area (Å²) in [5.41, 5.74) is 2.61. The lowest BCUT2D eigenvalue weighted by molar-refractivity contribution is 0.305. The second-order valence-corrected chi connectivity index (χ2v) is 5.27. The van der Waals surface area contributed by atoms with Crippen molar-refractivity contribution in [3.8, 4) is 5.75 Å². The van der Waals surface area contributed by atoms with Crippen molar-refractivity contribution in [2.45, 2.75) is 26.4 Å². The SMILES string of the molecule is CCCOc1ccc(CN(C)C)cc1CN(C)C. The van der Waals surface area contributed by atoms with E-state index in [-0.39, 0.29) is 0 Å². The van der Waals surface area contributed by atoms with E-state index in [1.54, 1.807) is 0 Å². The number of nitrogens with zero attached hydrogens (tertiary/aromatic N) is 2. The van der Waals surface area contributed by atoms with Gasteiger partial charge in [-0.05, 0) is 52.3 Å². The van der Waals surface area contributed by atoms with E-state index in [9.17, 15) is 0 Å². The Labute approximate surface area is 111 Å². The van der Waals surface area contributed by atoms with Crippen LogP contribution in [-0.4, -0.2) is 44.6 Å². The summed E-state index contributed by atoms with van der Waals surface area (Å²) in [4.78, 5) is 4.36. The molecule has 0 radical (unpaired) electrons. The molecule has 0 saturated heterocycles. The molecule has 0 aliphatic carbocycles. The van der Waals surface area contributed by atoms with Gasteiger partial charge in [-0.1, -0.05) is 13.0 Å². The second-order valence-electron chi connectivity index (χ2n) is 5.27. The monoisotopic (exact) mass is 250 g/mol. The van der Waals surface area contributed by atoms with Crippen molar-refractivity contribution >= 4 is 0 Å². The minimum Gasteiger partial charge on any atom is -0.493 e. The smallest absolute Gasteiger partial charge is 0.123 e. The summed E-state index contributed by atoms with van der Waals surface area (Å²) in [5, 5.41) is 0. The van der Waals surface area contributed by atoms with Gasteiger partial charge in [-0.25, -0.2) is 0 Å².